The number of nitrogens with zero attached hydrogens (tertiary/aromatic N) is 2. The molecule has 0 aliphatic carbocycles. The van der Waals surface area contributed by atoms with Crippen LogP contribution in [0, 0.1) is 0 Å². The van der Waals surface area contributed by atoms with Crippen molar-refractivity contribution in [3.8, 4) is 22.5 Å². The molecule has 0 atom stereocenters. The Morgan fingerprint density at radius 1 is 1.07 bits per heavy atom. The molecular formula is C24H24N4O2. The van der Waals surface area contributed by atoms with Crippen LogP contribution in [0.2, 0.25) is 0 Å². The number of rotatable bonds is 6. The van der Waals surface area contributed by atoms with Gasteiger partial charge in [0.05, 0.1) is 5.56 Å². The summed E-state index contributed by atoms with van der Waals surface area (Å²) in [6, 6.07) is 19.2. The Labute approximate surface area is 175 Å². The fraction of sp³-hybridized carbons (Fsp3) is 0.167. The number of likely N-dealkylation sites (N-methyl/N-ethyl adjacent to an activating group) is 1. The smallest absolute Gasteiger partial charge is 0.251 e. The van der Waals surface area contributed by atoms with Crippen LogP contribution < -0.4 is 11.1 Å². The van der Waals surface area contributed by atoms with Gasteiger partial charge in [-0.15, -0.1) is 0 Å². The van der Waals surface area contributed by atoms with Crippen LogP contribution in [0.5, 0.6) is 0 Å². The van der Waals surface area contributed by atoms with Crippen LogP contribution >= 0.6 is 0 Å². The second-order valence-electron chi connectivity index (χ2n) is 7.45. The summed E-state index contributed by atoms with van der Waals surface area (Å²) < 4.78 is 5.96. The highest BCUT2D eigenvalue weighted by Gasteiger charge is 2.13. The van der Waals surface area contributed by atoms with E-state index in [1.54, 1.807) is 12.3 Å². The molecule has 0 fully saturated rings. The predicted molar refractivity (Wildman–Crippen MR) is 120 cm³/mol. The highest BCUT2D eigenvalue weighted by Crippen LogP contribution is 2.33. The number of hydrogen-bond acceptors (Lipinski definition) is 5. The van der Waals surface area contributed by atoms with Crippen molar-refractivity contribution in [2.24, 2.45) is 0 Å². The molecule has 3 N–H and O–H groups in total. The van der Waals surface area contributed by atoms with Crippen LogP contribution in [-0.2, 0) is 0 Å². The molecular weight excluding hydrogens is 376 g/mol. The van der Waals surface area contributed by atoms with Crippen molar-refractivity contribution >= 4 is 22.7 Å². The van der Waals surface area contributed by atoms with Gasteiger partial charge in [-0.25, -0.2) is 4.98 Å². The number of nitrogens with one attached hydrogen (secondary N) is 1. The molecule has 4 aromatic rings. The quantitative estimate of drug-likeness (QED) is 0.510. The Hall–Kier alpha value is -3.64. The monoisotopic (exact) mass is 400 g/mol. The molecule has 2 aromatic carbocycles. The fourth-order valence-corrected chi connectivity index (χ4v) is 3.28. The van der Waals surface area contributed by atoms with Crippen molar-refractivity contribution in [3.63, 3.8) is 0 Å². The van der Waals surface area contributed by atoms with E-state index in [-0.39, 0.29) is 5.91 Å². The highest BCUT2D eigenvalue weighted by atomic mass is 16.3. The van der Waals surface area contributed by atoms with E-state index in [1.165, 1.54) is 0 Å². The van der Waals surface area contributed by atoms with Gasteiger partial charge >= 0.3 is 0 Å². The van der Waals surface area contributed by atoms with Gasteiger partial charge in [-0.05, 0) is 50.0 Å². The molecule has 30 heavy (non-hydrogen) atoms. The number of furan rings is 1. The van der Waals surface area contributed by atoms with E-state index in [0.717, 1.165) is 34.2 Å². The minimum atomic E-state index is -0.0976. The average Bonchev–Trinajstić information content (AvgIpc) is 3.18. The normalized spacial score (nSPS) is 11.2. The summed E-state index contributed by atoms with van der Waals surface area (Å²) in [5.41, 5.74) is 10.0. The van der Waals surface area contributed by atoms with E-state index in [4.69, 9.17) is 10.2 Å². The first-order chi connectivity index (χ1) is 14.5. The van der Waals surface area contributed by atoms with Crippen LogP contribution in [0.4, 0.5) is 5.82 Å². The highest BCUT2D eigenvalue weighted by molar-refractivity contribution is 5.95. The van der Waals surface area contributed by atoms with E-state index in [1.807, 2.05) is 73.6 Å². The number of para-hydroxylation sites is 1. The third-order valence-electron chi connectivity index (χ3n) is 4.91. The number of carbonyl (C=O) groups excluding carboxylic acids is 1. The molecule has 152 valence electrons. The SMILES string of the molecule is CN(C)CCNC(=O)c1cccc(-c2cnc(N)c(-c3cc4ccccc4o3)c2)c1. The van der Waals surface area contributed by atoms with Crippen LogP contribution in [-0.4, -0.2) is 43.0 Å². The van der Waals surface area contributed by atoms with Gasteiger partial charge in [-0.3, -0.25) is 4.79 Å². The van der Waals surface area contributed by atoms with Gasteiger partial charge in [0, 0.05) is 35.8 Å². The first-order valence-corrected chi connectivity index (χ1v) is 9.79. The fourth-order valence-electron chi connectivity index (χ4n) is 3.28. The van der Waals surface area contributed by atoms with Gasteiger partial charge in [0.15, 0.2) is 0 Å². The predicted octanol–water partition coefficient (Wildman–Crippen LogP) is 4.04. The van der Waals surface area contributed by atoms with Crippen molar-refractivity contribution in [2.75, 3.05) is 32.9 Å². The number of nitrogen functional groups attached to an aromatic ring is 1. The maximum atomic E-state index is 12.5. The average molecular weight is 400 g/mol. The van der Waals surface area contributed by atoms with Gasteiger partial charge in [-0.1, -0.05) is 30.3 Å². The third-order valence-corrected chi connectivity index (χ3v) is 4.91. The van der Waals surface area contributed by atoms with Crippen molar-refractivity contribution in [1.82, 2.24) is 15.2 Å². The van der Waals surface area contributed by atoms with Crippen molar-refractivity contribution in [1.29, 1.82) is 0 Å². The van der Waals surface area contributed by atoms with Gasteiger partial charge in [-0.2, -0.15) is 0 Å². The maximum Gasteiger partial charge on any atom is 0.251 e. The molecule has 0 saturated heterocycles. The van der Waals surface area contributed by atoms with Crippen LogP contribution in [0.1, 0.15) is 10.4 Å². The number of benzene rings is 2. The summed E-state index contributed by atoms with van der Waals surface area (Å²) in [5, 5.41) is 3.95. The number of carbonyl (C=O) groups is 1. The molecule has 0 bridgehead atoms. The molecule has 0 aliphatic rings. The summed E-state index contributed by atoms with van der Waals surface area (Å²) in [6.07, 6.45) is 1.71. The number of amides is 1. The maximum absolute atomic E-state index is 12.5. The molecule has 6 nitrogen and oxygen atoms in total. The standard InChI is InChI=1S/C24H24N4O2/c1-28(2)11-10-26-24(29)18-8-5-7-16(12-18)19-13-20(23(25)27-15-19)22-14-17-6-3-4-9-21(17)30-22/h3-9,12-15H,10-11H2,1-2H3,(H2,25,27)(H,26,29). The Balaban J connectivity index is 1.63. The molecule has 0 aliphatic heterocycles. The first kappa shape index (κ1) is 19.7. The van der Waals surface area contributed by atoms with E-state index >= 15 is 0 Å². The second-order valence-corrected chi connectivity index (χ2v) is 7.45. The topological polar surface area (TPSA) is 84.4 Å². The lowest BCUT2D eigenvalue weighted by Crippen LogP contribution is -2.31. The number of pyridine rings is 1. The van der Waals surface area contributed by atoms with Crippen LogP contribution in [0.25, 0.3) is 33.4 Å². The van der Waals surface area contributed by atoms with Gasteiger partial charge in [0.2, 0.25) is 0 Å². The summed E-state index contributed by atoms with van der Waals surface area (Å²) >= 11 is 0. The molecule has 1 amide bonds. The Bertz CT molecular complexity index is 1160. The zero-order valence-corrected chi connectivity index (χ0v) is 17.1. The number of fused-ring (bicyclic) bond motifs is 1. The summed E-state index contributed by atoms with van der Waals surface area (Å²) in [6.45, 7) is 1.38. The zero-order valence-electron chi connectivity index (χ0n) is 17.1. The van der Waals surface area contributed by atoms with E-state index in [2.05, 4.69) is 10.3 Å². The molecule has 0 spiro atoms. The van der Waals surface area contributed by atoms with Gasteiger partial charge in [0.1, 0.15) is 17.2 Å². The number of hydrogen-bond donors (Lipinski definition) is 2. The van der Waals surface area contributed by atoms with Crippen molar-refractivity contribution in [2.45, 2.75) is 0 Å². The number of nitrogens with two attached hydrogens (primary N) is 1. The lowest BCUT2D eigenvalue weighted by atomic mass is 10.0. The molecule has 0 saturated carbocycles. The van der Waals surface area contributed by atoms with Crippen LogP contribution in [0.3, 0.4) is 0 Å². The Morgan fingerprint density at radius 2 is 1.90 bits per heavy atom. The van der Waals surface area contributed by atoms with Crippen molar-refractivity contribution in [3.05, 3.63) is 72.4 Å². The molecule has 6 heteroatoms. The molecule has 2 aromatic heterocycles. The first-order valence-electron chi connectivity index (χ1n) is 9.79. The van der Waals surface area contributed by atoms with Crippen molar-refractivity contribution < 1.29 is 9.21 Å². The number of anilines is 1. The molecule has 4 rings (SSSR count). The van der Waals surface area contributed by atoms with E-state index in [9.17, 15) is 4.79 Å². The summed E-state index contributed by atoms with van der Waals surface area (Å²) in [7, 11) is 3.95. The van der Waals surface area contributed by atoms with E-state index < -0.39 is 0 Å². The minimum Gasteiger partial charge on any atom is -0.456 e. The third kappa shape index (κ3) is 4.18. The number of aromatic nitrogens is 1. The summed E-state index contributed by atoms with van der Waals surface area (Å²) in [4.78, 5) is 18.9. The molecule has 2 heterocycles. The second kappa shape index (κ2) is 8.39. The zero-order chi connectivity index (χ0) is 21.1. The summed E-state index contributed by atoms with van der Waals surface area (Å²) in [5.74, 6) is 0.968. The Morgan fingerprint density at radius 3 is 2.70 bits per heavy atom. The van der Waals surface area contributed by atoms with E-state index in [0.29, 0.717) is 23.7 Å². The minimum absolute atomic E-state index is 0.0976. The Kier molecular flexibility index (Phi) is 5.50. The lowest BCUT2D eigenvalue weighted by Gasteiger charge is -2.11. The van der Waals surface area contributed by atoms with Crippen LogP contribution in [0.15, 0.2) is 71.3 Å². The molecule has 0 unspecified atom stereocenters. The van der Waals surface area contributed by atoms with Gasteiger partial charge < -0.3 is 20.4 Å². The largest absolute Gasteiger partial charge is 0.456 e. The lowest BCUT2D eigenvalue weighted by molar-refractivity contribution is 0.0951. The van der Waals surface area contributed by atoms with Gasteiger partial charge in [0.25, 0.3) is 5.91 Å². The molecule has 0 radical (unpaired) electrons.